The molecule has 1 heterocycles. The minimum absolute atomic E-state index is 0.0816. The van der Waals surface area contributed by atoms with Gasteiger partial charge in [0.15, 0.2) is 0 Å². The van der Waals surface area contributed by atoms with Crippen LogP contribution in [0, 0.1) is 5.82 Å². The molecular weight excluding hydrogens is 403 g/mol. The van der Waals surface area contributed by atoms with Gasteiger partial charge in [-0.25, -0.2) is 9.37 Å². The topological polar surface area (TPSA) is 74.3 Å². The first kappa shape index (κ1) is 20.0. The number of pyridine rings is 1. The molecule has 0 saturated carbocycles. The van der Waals surface area contributed by atoms with Crippen molar-refractivity contribution in [2.75, 3.05) is 25.0 Å². The molecule has 2 rings (SSSR count). The number of hydrogen-bond acceptors (Lipinski definition) is 4. The third-order valence-corrected chi connectivity index (χ3v) is 4.05. The Morgan fingerprint density at radius 3 is 2.42 bits per heavy atom. The van der Waals surface area contributed by atoms with Crippen LogP contribution in [0.1, 0.15) is 12.5 Å². The molecule has 0 fully saturated rings. The van der Waals surface area contributed by atoms with Crippen LogP contribution in [0.15, 0.2) is 47.1 Å². The van der Waals surface area contributed by atoms with Gasteiger partial charge in [0.2, 0.25) is 11.8 Å². The predicted octanol–water partition coefficient (Wildman–Crippen LogP) is 2.56. The first-order chi connectivity index (χ1) is 12.5. The molecule has 0 aliphatic carbocycles. The van der Waals surface area contributed by atoms with E-state index in [-0.39, 0.29) is 30.7 Å². The van der Waals surface area contributed by atoms with Crippen LogP contribution in [0.3, 0.4) is 0 Å². The van der Waals surface area contributed by atoms with Gasteiger partial charge in [0.25, 0.3) is 0 Å². The van der Waals surface area contributed by atoms with Crippen LogP contribution in [0.5, 0.6) is 0 Å². The second-order valence-corrected chi connectivity index (χ2v) is 6.53. The van der Waals surface area contributed by atoms with Crippen LogP contribution in [-0.4, -0.2) is 41.3 Å². The molecule has 0 atom stereocenters. The summed E-state index contributed by atoms with van der Waals surface area (Å²) >= 11 is 3.28. The Hall–Kier alpha value is -2.32. The highest BCUT2D eigenvalue weighted by atomic mass is 79.9. The SMILES string of the molecule is CCN(CC(=O)NCc1ccc(F)cc1)CC(=O)Nc1ccc(Br)cn1. The van der Waals surface area contributed by atoms with Crippen molar-refractivity contribution in [2.45, 2.75) is 13.5 Å². The minimum atomic E-state index is -0.316. The van der Waals surface area contributed by atoms with E-state index in [1.54, 1.807) is 35.4 Å². The van der Waals surface area contributed by atoms with Crippen molar-refractivity contribution in [1.82, 2.24) is 15.2 Å². The summed E-state index contributed by atoms with van der Waals surface area (Å²) in [6.07, 6.45) is 1.59. The van der Waals surface area contributed by atoms with Crippen molar-refractivity contribution >= 4 is 33.6 Å². The highest BCUT2D eigenvalue weighted by Gasteiger charge is 2.13. The maximum Gasteiger partial charge on any atom is 0.239 e. The molecule has 2 amide bonds. The van der Waals surface area contributed by atoms with Gasteiger partial charge in [0.05, 0.1) is 13.1 Å². The summed E-state index contributed by atoms with van der Waals surface area (Å²) in [5.74, 6) is -0.308. The van der Waals surface area contributed by atoms with Crippen LogP contribution in [0.4, 0.5) is 10.2 Å². The number of amides is 2. The third-order valence-electron chi connectivity index (χ3n) is 3.58. The maximum absolute atomic E-state index is 12.9. The molecule has 0 unspecified atom stereocenters. The van der Waals surface area contributed by atoms with Crippen molar-refractivity contribution in [3.05, 3.63) is 58.4 Å². The normalized spacial score (nSPS) is 10.6. The van der Waals surface area contributed by atoms with Gasteiger partial charge in [-0.05, 0) is 52.3 Å². The standard InChI is InChI=1S/C18H20BrFN4O2/c1-2-24(12-18(26)23-16-8-5-14(19)10-21-16)11-17(25)22-9-13-3-6-15(20)7-4-13/h3-8,10H,2,9,11-12H2,1H3,(H,22,25)(H,21,23,26). The lowest BCUT2D eigenvalue weighted by Gasteiger charge is -2.19. The maximum atomic E-state index is 12.9. The molecule has 0 aliphatic rings. The summed E-state index contributed by atoms with van der Waals surface area (Å²) in [5, 5.41) is 5.45. The average molecular weight is 423 g/mol. The van der Waals surface area contributed by atoms with Crippen LogP contribution in [0.2, 0.25) is 0 Å². The number of nitrogens with one attached hydrogen (secondary N) is 2. The largest absolute Gasteiger partial charge is 0.351 e. The van der Waals surface area contributed by atoms with Crippen molar-refractivity contribution in [2.24, 2.45) is 0 Å². The Bertz CT molecular complexity index is 738. The van der Waals surface area contributed by atoms with E-state index < -0.39 is 0 Å². The number of rotatable bonds is 8. The van der Waals surface area contributed by atoms with E-state index >= 15 is 0 Å². The predicted molar refractivity (Wildman–Crippen MR) is 101 cm³/mol. The lowest BCUT2D eigenvalue weighted by molar-refractivity contribution is -0.123. The van der Waals surface area contributed by atoms with Gasteiger partial charge in [-0.1, -0.05) is 19.1 Å². The molecule has 138 valence electrons. The molecule has 0 spiro atoms. The Morgan fingerprint density at radius 2 is 1.81 bits per heavy atom. The lowest BCUT2D eigenvalue weighted by atomic mass is 10.2. The molecule has 8 heteroatoms. The summed E-state index contributed by atoms with van der Waals surface area (Å²) in [4.78, 5) is 29.9. The molecule has 1 aromatic heterocycles. The summed E-state index contributed by atoms with van der Waals surface area (Å²) in [7, 11) is 0. The van der Waals surface area contributed by atoms with Crippen LogP contribution in [-0.2, 0) is 16.1 Å². The first-order valence-corrected chi connectivity index (χ1v) is 8.90. The molecular formula is C18H20BrFN4O2. The fourth-order valence-corrected chi connectivity index (χ4v) is 2.41. The van der Waals surface area contributed by atoms with E-state index in [4.69, 9.17) is 0 Å². The fraction of sp³-hybridized carbons (Fsp3) is 0.278. The minimum Gasteiger partial charge on any atom is -0.351 e. The van der Waals surface area contributed by atoms with Gasteiger partial charge >= 0.3 is 0 Å². The molecule has 2 aromatic rings. The Labute approximate surface area is 159 Å². The van der Waals surface area contributed by atoms with Gasteiger partial charge in [-0.15, -0.1) is 0 Å². The van der Waals surface area contributed by atoms with Gasteiger partial charge in [-0.2, -0.15) is 0 Å². The highest BCUT2D eigenvalue weighted by Crippen LogP contribution is 2.10. The quantitative estimate of drug-likeness (QED) is 0.685. The summed E-state index contributed by atoms with van der Waals surface area (Å²) in [6, 6.07) is 9.40. The Kier molecular flexibility index (Phi) is 7.68. The number of likely N-dealkylation sites (N-methyl/N-ethyl adjacent to an activating group) is 1. The molecule has 0 bridgehead atoms. The van der Waals surface area contributed by atoms with Crippen molar-refractivity contribution < 1.29 is 14.0 Å². The number of carbonyl (C=O) groups excluding carboxylic acids is 2. The highest BCUT2D eigenvalue weighted by molar-refractivity contribution is 9.10. The molecule has 1 aromatic carbocycles. The number of carbonyl (C=O) groups is 2. The molecule has 0 aliphatic heterocycles. The number of benzene rings is 1. The lowest BCUT2D eigenvalue weighted by Crippen LogP contribution is -2.40. The second-order valence-electron chi connectivity index (χ2n) is 5.62. The van der Waals surface area contributed by atoms with E-state index in [0.29, 0.717) is 18.9 Å². The zero-order valence-electron chi connectivity index (χ0n) is 14.3. The summed E-state index contributed by atoms with van der Waals surface area (Å²) < 4.78 is 13.7. The number of halogens is 2. The van der Waals surface area contributed by atoms with Crippen molar-refractivity contribution in [1.29, 1.82) is 0 Å². The molecule has 0 radical (unpaired) electrons. The van der Waals surface area contributed by atoms with Crippen molar-refractivity contribution in [3.63, 3.8) is 0 Å². The van der Waals surface area contributed by atoms with Gasteiger partial charge < -0.3 is 10.6 Å². The van der Waals surface area contributed by atoms with E-state index in [0.717, 1.165) is 10.0 Å². The molecule has 2 N–H and O–H groups in total. The monoisotopic (exact) mass is 422 g/mol. The molecule has 6 nitrogen and oxygen atoms in total. The van der Waals surface area contributed by atoms with E-state index in [9.17, 15) is 14.0 Å². The molecule has 0 saturated heterocycles. The zero-order valence-corrected chi connectivity index (χ0v) is 15.9. The zero-order chi connectivity index (χ0) is 18.9. The van der Waals surface area contributed by atoms with Crippen LogP contribution in [0.25, 0.3) is 0 Å². The smallest absolute Gasteiger partial charge is 0.239 e. The summed E-state index contributed by atoms with van der Waals surface area (Å²) in [5.41, 5.74) is 0.807. The van der Waals surface area contributed by atoms with E-state index in [1.165, 1.54) is 12.1 Å². The van der Waals surface area contributed by atoms with Gasteiger partial charge in [-0.3, -0.25) is 14.5 Å². The first-order valence-electron chi connectivity index (χ1n) is 8.11. The third kappa shape index (κ3) is 6.89. The average Bonchev–Trinajstić information content (AvgIpc) is 2.62. The number of aromatic nitrogens is 1. The number of hydrogen-bond donors (Lipinski definition) is 2. The van der Waals surface area contributed by atoms with Gasteiger partial charge in [0.1, 0.15) is 11.6 Å². The number of anilines is 1. The Balaban J connectivity index is 1.78. The van der Waals surface area contributed by atoms with Crippen LogP contribution < -0.4 is 10.6 Å². The Morgan fingerprint density at radius 1 is 1.12 bits per heavy atom. The van der Waals surface area contributed by atoms with Crippen molar-refractivity contribution in [3.8, 4) is 0 Å². The fourth-order valence-electron chi connectivity index (χ4n) is 2.18. The second kappa shape index (κ2) is 9.98. The number of nitrogens with zero attached hydrogens (tertiary/aromatic N) is 2. The molecule has 26 heavy (non-hydrogen) atoms. The summed E-state index contributed by atoms with van der Waals surface area (Å²) in [6.45, 7) is 2.91. The van der Waals surface area contributed by atoms with E-state index in [1.807, 2.05) is 6.92 Å². The van der Waals surface area contributed by atoms with E-state index in [2.05, 4.69) is 31.5 Å². The van der Waals surface area contributed by atoms with Gasteiger partial charge in [0, 0.05) is 17.2 Å². The van der Waals surface area contributed by atoms with Crippen LogP contribution >= 0.6 is 15.9 Å².